The lowest BCUT2D eigenvalue weighted by molar-refractivity contribution is 0.306. The molecule has 3 aromatic carbocycles. The van der Waals surface area contributed by atoms with Crippen molar-refractivity contribution in [2.75, 3.05) is 0 Å². The Balaban J connectivity index is 1.70. The molecule has 0 unspecified atom stereocenters. The average molecular weight is 360 g/mol. The van der Waals surface area contributed by atoms with E-state index in [2.05, 4.69) is 18.2 Å². The molecular formula is C23H20O4. The van der Waals surface area contributed by atoms with Crippen molar-refractivity contribution in [1.29, 1.82) is 0 Å². The SMILES string of the molecule is CC(C)c1cc(=O)c2c(O)cc(OCc3cccc4ccccc34)cc2o1. The van der Waals surface area contributed by atoms with Gasteiger partial charge in [-0.05, 0) is 16.3 Å². The van der Waals surface area contributed by atoms with Crippen molar-refractivity contribution in [2.24, 2.45) is 0 Å². The molecular weight excluding hydrogens is 340 g/mol. The van der Waals surface area contributed by atoms with Gasteiger partial charge in [-0.1, -0.05) is 56.3 Å². The van der Waals surface area contributed by atoms with E-state index in [9.17, 15) is 9.90 Å². The largest absolute Gasteiger partial charge is 0.507 e. The lowest BCUT2D eigenvalue weighted by Gasteiger charge is -2.11. The molecule has 0 saturated heterocycles. The van der Waals surface area contributed by atoms with Crippen LogP contribution in [-0.2, 0) is 6.61 Å². The van der Waals surface area contributed by atoms with Crippen LogP contribution in [0.3, 0.4) is 0 Å². The van der Waals surface area contributed by atoms with Crippen molar-refractivity contribution in [2.45, 2.75) is 26.4 Å². The van der Waals surface area contributed by atoms with E-state index in [1.54, 1.807) is 6.07 Å². The van der Waals surface area contributed by atoms with E-state index in [4.69, 9.17) is 9.15 Å². The molecule has 4 heteroatoms. The lowest BCUT2D eigenvalue weighted by Crippen LogP contribution is -2.04. The van der Waals surface area contributed by atoms with Gasteiger partial charge in [0, 0.05) is 24.1 Å². The summed E-state index contributed by atoms with van der Waals surface area (Å²) < 4.78 is 11.7. The van der Waals surface area contributed by atoms with Gasteiger partial charge in [0.15, 0.2) is 5.43 Å². The summed E-state index contributed by atoms with van der Waals surface area (Å²) >= 11 is 0. The van der Waals surface area contributed by atoms with Crippen LogP contribution in [0.4, 0.5) is 0 Å². The van der Waals surface area contributed by atoms with Crippen molar-refractivity contribution in [1.82, 2.24) is 0 Å². The molecule has 4 rings (SSSR count). The molecule has 0 spiro atoms. The second kappa shape index (κ2) is 6.80. The molecule has 0 radical (unpaired) electrons. The van der Waals surface area contributed by atoms with Crippen molar-refractivity contribution in [3.8, 4) is 11.5 Å². The predicted octanol–water partition coefficient (Wildman–Crippen LogP) is 5.35. The normalized spacial score (nSPS) is 11.4. The zero-order chi connectivity index (χ0) is 19.0. The van der Waals surface area contributed by atoms with Crippen molar-refractivity contribution in [3.05, 3.63) is 82.2 Å². The highest BCUT2D eigenvalue weighted by molar-refractivity contribution is 5.86. The summed E-state index contributed by atoms with van der Waals surface area (Å²) in [5, 5.41) is 12.7. The smallest absolute Gasteiger partial charge is 0.196 e. The fraction of sp³-hybridized carbons (Fsp3) is 0.174. The molecule has 0 aliphatic rings. The molecule has 136 valence electrons. The summed E-state index contributed by atoms with van der Waals surface area (Å²) in [6.45, 7) is 4.25. The van der Waals surface area contributed by atoms with Crippen LogP contribution < -0.4 is 10.2 Å². The molecule has 1 aromatic heterocycles. The summed E-state index contributed by atoms with van der Waals surface area (Å²) in [5.74, 6) is 0.976. The average Bonchev–Trinajstić information content (AvgIpc) is 2.65. The van der Waals surface area contributed by atoms with Gasteiger partial charge in [0.05, 0.1) is 0 Å². The highest BCUT2D eigenvalue weighted by atomic mass is 16.5. The Morgan fingerprint density at radius 2 is 1.81 bits per heavy atom. The van der Waals surface area contributed by atoms with Crippen molar-refractivity contribution < 1.29 is 14.3 Å². The van der Waals surface area contributed by atoms with E-state index < -0.39 is 0 Å². The van der Waals surface area contributed by atoms with Crippen LogP contribution in [0, 0.1) is 0 Å². The maximum atomic E-state index is 12.3. The first-order valence-corrected chi connectivity index (χ1v) is 8.93. The summed E-state index contributed by atoms with van der Waals surface area (Å²) in [5.41, 5.74) is 1.13. The van der Waals surface area contributed by atoms with Crippen LogP contribution in [0.2, 0.25) is 0 Å². The summed E-state index contributed by atoms with van der Waals surface area (Å²) in [6.07, 6.45) is 0. The fourth-order valence-electron chi connectivity index (χ4n) is 3.21. The van der Waals surface area contributed by atoms with Crippen LogP contribution in [0.5, 0.6) is 11.5 Å². The van der Waals surface area contributed by atoms with E-state index in [1.165, 1.54) is 12.1 Å². The van der Waals surface area contributed by atoms with E-state index >= 15 is 0 Å². The standard InChI is InChI=1S/C23H20O4/c1-14(2)21-12-20(25)23-19(24)10-17(11-22(23)27-21)26-13-16-8-5-7-15-6-3-4-9-18(15)16/h3-12,14,24H,13H2,1-2H3. The minimum atomic E-state index is -0.252. The van der Waals surface area contributed by atoms with Gasteiger partial charge in [-0.3, -0.25) is 4.79 Å². The second-order valence-corrected chi connectivity index (χ2v) is 6.91. The van der Waals surface area contributed by atoms with E-state index in [1.807, 2.05) is 38.1 Å². The van der Waals surface area contributed by atoms with E-state index in [0.29, 0.717) is 23.7 Å². The van der Waals surface area contributed by atoms with Gasteiger partial charge in [-0.2, -0.15) is 0 Å². The Labute approximate surface area is 156 Å². The van der Waals surface area contributed by atoms with Gasteiger partial charge in [0.25, 0.3) is 0 Å². The maximum absolute atomic E-state index is 12.3. The van der Waals surface area contributed by atoms with Crippen molar-refractivity contribution in [3.63, 3.8) is 0 Å². The molecule has 0 aliphatic heterocycles. The number of hydrogen-bond acceptors (Lipinski definition) is 4. The van der Waals surface area contributed by atoms with Crippen LogP contribution in [-0.4, -0.2) is 5.11 Å². The third-order valence-electron chi connectivity index (χ3n) is 4.65. The number of rotatable bonds is 4. The quantitative estimate of drug-likeness (QED) is 0.533. The molecule has 4 nitrogen and oxygen atoms in total. The third-order valence-corrected chi connectivity index (χ3v) is 4.65. The zero-order valence-corrected chi connectivity index (χ0v) is 15.2. The number of fused-ring (bicyclic) bond motifs is 2. The lowest BCUT2D eigenvalue weighted by atomic mass is 10.1. The van der Waals surface area contributed by atoms with Crippen LogP contribution in [0.25, 0.3) is 21.7 Å². The molecule has 0 saturated carbocycles. The topological polar surface area (TPSA) is 59.7 Å². The summed E-state index contributed by atoms with van der Waals surface area (Å²) in [6, 6.07) is 18.7. The molecule has 0 fully saturated rings. The van der Waals surface area contributed by atoms with Crippen molar-refractivity contribution >= 4 is 21.7 Å². The molecule has 0 aliphatic carbocycles. The number of phenols is 1. The Hall–Kier alpha value is -3.27. The minimum absolute atomic E-state index is 0.0736. The Morgan fingerprint density at radius 1 is 1.04 bits per heavy atom. The minimum Gasteiger partial charge on any atom is -0.507 e. The molecule has 1 N–H and O–H groups in total. The van der Waals surface area contributed by atoms with E-state index in [-0.39, 0.29) is 22.5 Å². The Kier molecular flexibility index (Phi) is 4.32. The monoisotopic (exact) mass is 360 g/mol. The Morgan fingerprint density at radius 3 is 2.63 bits per heavy atom. The zero-order valence-electron chi connectivity index (χ0n) is 15.2. The number of ether oxygens (including phenoxy) is 1. The first-order chi connectivity index (χ1) is 13.0. The van der Waals surface area contributed by atoms with Gasteiger partial charge in [0.2, 0.25) is 0 Å². The highest BCUT2D eigenvalue weighted by Gasteiger charge is 2.13. The van der Waals surface area contributed by atoms with Gasteiger partial charge < -0.3 is 14.3 Å². The number of hydrogen-bond donors (Lipinski definition) is 1. The molecule has 0 atom stereocenters. The number of phenolic OH excluding ortho intramolecular Hbond substituents is 1. The maximum Gasteiger partial charge on any atom is 0.196 e. The highest BCUT2D eigenvalue weighted by Crippen LogP contribution is 2.31. The molecule has 27 heavy (non-hydrogen) atoms. The van der Waals surface area contributed by atoms with Gasteiger partial charge >= 0.3 is 0 Å². The number of aromatic hydroxyl groups is 1. The van der Waals surface area contributed by atoms with Crippen LogP contribution >= 0.6 is 0 Å². The fourth-order valence-corrected chi connectivity index (χ4v) is 3.21. The first kappa shape index (κ1) is 17.2. The Bertz CT molecular complexity index is 1180. The molecule has 0 bridgehead atoms. The summed E-state index contributed by atoms with van der Waals surface area (Å²) in [7, 11) is 0. The van der Waals surface area contributed by atoms with E-state index in [0.717, 1.165) is 16.3 Å². The van der Waals surface area contributed by atoms with Gasteiger partial charge in [-0.25, -0.2) is 0 Å². The molecule has 4 aromatic rings. The molecule has 0 amide bonds. The molecule has 1 heterocycles. The predicted molar refractivity (Wildman–Crippen MR) is 107 cm³/mol. The number of benzene rings is 3. The van der Waals surface area contributed by atoms with Gasteiger partial charge in [-0.15, -0.1) is 0 Å². The van der Waals surface area contributed by atoms with Crippen LogP contribution in [0.1, 0.15) is 31.1 Å². The first-order valence-electron chi connectivity index (χ1n) is 8.93. The summed E-state index contributed by atoms with van der Waals surface area (Å²) in [4.78, 5) is 12.3. The third kappa shape index (κ3) is 3.26. The van der Waals surface area contributed by atoms with Gasteiger partial charge in [0.1, 0.15) is 34.8 Å². The van der Waals surface area contributed by atoms with Crippen LogP contribution in [0.15, 0.2) is 69.9 Å². The second-order valence-electron chi connectivity index (χ2n) is 6.91.